The van der Waals surface area contributed by atoms with Crippen molar-refractivity contribution < 1.29 is 0 Å². The minimum Gasteiger partial charge on any atom is -0.374 e. The maximum absolute atomic E-state index is 5.72. The van der Waals surface area contributed by atoms with Gasteiger partial charge in [-0.2, -0.15) is 0 Å². The molecular weight excluding hydrogens is 364 g/mol. The number of allylic oxidation sites excluding steroid dienone is 1. The van der Waals surface area contributed by atoms with Crippen LogP contribution in [-0.2, 0) is 6.42 Å². The molecular formula is C18H14N6S2. The highest BCUT2D eigenvalue weighted by Gasteiger charge is 2.20. The van der Waals surface area contributed by atoms with Crippen molar-refractivity contribution in [3.63, 3.8) is 0 Å². The summed E-state index contributed by atoms with van der Waals surface area (Å²) in [4.78, 5) is 9.09. The van der Waals surface area contributed by atoms with Crippen molar-refractivity contribution >= 4 is 33.4 Å². The molecule has 1 aromatic carbocycles. The molecule has 1 aliphatic rings. The minimum atomic E-state index is 0.482. The Morgan fingerprint density at radius 2 is 2.15 bits per heavy atom. The minimum absolute atomic E-state index is 0.482. The fraction of sp³-hybridized carbons (Fsp3) is 0.111. The number of nitrogens with two attached hydrogens (primary N) is 1. The molecule has 0 fully saturated rings. The van der Waals surface area contributed by atoms with Crippen molar-refractivity contribution in [1.82, 2.24) is 24.7 Å². The quantitative estimate of drug-likeness (QED) is 0.587. The van der Waals surface area contributed by atoms with Crippen molar-refractivity contribution in [2.45, 2.75) is 13.3 Å². The molecule has 3 heterocycles. The van der Waals surface area contributed by atoms with Crippen molar-refractivity contribution in [2.75, 3.05) is 5.73 Å². The molecule has 0 amide bonds. The lowest BCUT2D eigenvalue weighted by Gasteiger charge is -2.05. The topological polar surface area (TPSA) is 82.5 Å². The number of benzene rings is 1. The Kier molecular flexibility index (Phi) is 3.47. The number of aromatic nitrogens is 5. The molecule has 0 saturated heterocycles. The van der Waals surface area contributed by atoms with Gasteiger partial charge in [0.2, 0.25) is 5.13 Å². The summed E-state index contributed by atoms with van der Waals surface area (Å²) in [5.41, 5.74) is 12.4. The third-order valence-corrected chi connectivity index (χ3v) is 5.97. The Balaban J connectivity index is 1.52. The number of nitrogens with zero attached hydrogens (tertiary/aromatic N) is 5. The lowest BCUT2D eigenvalue weighted by molar-refractivity contribution is 1.03. The lowest BCUT2D eigenvalue weighted by Crippen LogP contribution is -1.92. The van der Waals surface area contributed by atoms with Gasteiger partial charge in [0.05, 0.1) is 11.4 Å². The second kappa shape index (κ2) is 5.86. The highest BCUT2D eigenvalue weighted by Crippen LogP contribution is 2.37. The van der Waals surface area contributed by atoms with Gasteiger partial charge >= 0.3 is 0 Å². The number of anilines is 1. The summed E-state index contributed by atoms with van der Waals surface area (Å²) in [5, 5.41) is 12.4. The zero-order valence-electron chi connectivity index (χ0n) is 13.9. The zero-order chi connectivity index (χ0) is 17.7. The number of aryl methyl sites for hydroxylation is 1. The molecule has 5 rings (SSSR count). The first-order valence-corrected chi connectivity index (χ1v) is 9.76. The van der Waals surface area contributed by atoms with Crippen LogP contribution in [-0.4, -0.2) is 24.7 Å². The van der Waals surface area contributed by atoms with E-state index in [9.17, 15) is 0 Å². The van der Waals surface area contributed by atoms with Crippen LogP contribution in [0.1, 0.15) is 22.5 Å². The predicted molar refractivity (Wildman–Crippen MR) is 105 cm³/mol. The van der Waals surface area contributed by atoms with E-state index < -0.39 is 0 Å². The second-order valence-corrected chi connectivity index (χ2v) is 7.92. The molecule has 0 spiro atoms. The number of hydrogen-bond acceptors (Lipinski definition) is 7. The molecule has 0 unspecified atom stereocenters. The smallest absolute Gasteiger partial charge is 0.203 e. The van der Waals surface area contributed by atoms with Crippen molar-refractivity contribution in [3.05, 3.63) is 64.7 Å². The van der Waals surface area contributed by atoms with Gasteiger partial charge in [0.15, 0.2) is 5.13 Å². The largest absolute Gasteiger partial charge is 0.374 e. The van der Waals surface area contributed by atoms with Crippen molar-refractivity contribution in [2.24, 2.45) is 0 Å². The Morgan fingerprint density at radius 3 is 2.92 bits per heavy atom. The standard InChI is InChI=1S/C18H14N6S2/c1-10-7-24(9-20-10)18-21-15(8-25-18)13-5-4-11-2-3-12(6-14(11)13)16-22-23-17(19)26-16/h2-3,5-9H,4H2,1H3,(H2,19,23). The van der Waals surface area contributed by atoms with Gasteiger partial charge in [-0.15, -0.1) is 21.5 Å². The van der Waals surface area contributed by atoms with Crippen LogP contribution in [0.15, 0.2) is 42.2 Å². The monoisotopic (exact) mass is 378 g/mol. The molecule has 0 radical (unpaired) electrons. The normalized spacial score (nSPS) is 13.0. The molecule has 4 aromatic rings. The van der Waals surface area contributed by atoms with Crippen LogP contribution in [0.25, 0.3) is 21.3 Å². The van der Waals surface area contributed by atoms with Crippen LogP contribution in [0.2, 0.25) is 0 Å². The molecule has 2 N–H and O–H groups in total. The van der Waals surface area contributed by atoms with E-state index in [1.807, 2.05) is 17.7 Å². The molecule has 1 aliphatic carbocycles. The van der Waals surface area contributed by atoms with E-state index in [1.54, 1.807) is 17.7 Å². The Bertz CT molecular complexity index is 1150. The number of fused-ring (bicyclic) bond motifs is 1. The molecule has 0 saturated carbocycles. The summed E-state index contributed by atoms with van der Waals surface area (Å²) >= 11 is 3.01. The molecule has 128 valence electrons. The number of thiazole rings is 1. The summed E-state index contributed by atoms with van der Waals surface area (Å²) in [7, 11) is 0. The first-order valence-electron chi connectivity index (χ1n) is 8.07. The summed E-state index contributed by atoms with van der Waals surface area (Å²) in [6.07, 6.45) is 6.94. The summed E-state index contributed by atoms with van der Waals surface area (Å²) in [6.45, 7) is 1.97. The summed E-state index contributed by atoms with van der Waals surface area (Å²) in [5.74, 6) is 0. The first-order chi connectivity index (χ1) is 12.7. The molecule has 0 aliphatic heterocycles. The van der Waals surface area contributed by atoms with Crippen molar-refractivity contribution in [3.8, 4) is 15.7 Å². The second-order valence-electron chi connectivity index (χ2n) is 6.08. The maximum atomic E-state index is 5.72. The summed E-state index contributed by atoms with van der Waals surface area (Å²) in [6, 6.07) is 6.39. The average molecular weight is 378 g/mol. The van der Waals surface area contributed by atoms with Crippen LogP contribution in [0.4, 0.5) is 5.13 Å². The maximum Gasteiger partial charge on any atom is 0.203 e. The number of rotatable bonds is 3. The lowest BCUT2D eigenvalue weighted by atomic mass is 10.0. The summed E-state index contributed by atoms with van der Waals surface area (Å²) < 4.78 is 1.96. The van der Waals surface area contributed by atoms with Gasteiger partial charge in [-0.3, -0.25) is 4.57 Å². The average Bonchev–Trinajstić information content (AvgIpc) is 3.39. The van der Waals surface area contributed by atoms with Gasteiger partial charge in [0, 0.05) is 22.7 Å². The number of nitrogen functional groups attached to an aromatic ring is 1. The highest BCUT2D eigenvalue weighted by atomic mass is 32.1. The highest BCUT2D eigenvalue weighted by molar-refractivity contribution is 7.18. The van der Waals surface area contributed by atoms with E-state index in [0.717, 1.165) is 33.5 Å². The Morgan fingerprint density at radius 1 is 1.23 bits per heavy atom. The van der Waals surface area contributed by atoms with Gasteiger partial charge in [0.25, 0.3) is 0 Å². The SMILES string of the molecule is Cc1cn(-c2nc(C3=CCc4ccc(-c5nnc(N)s5)cc43)cs2)cn1. The molecule has 3 aromatic heterocycles. The van der Waals surface area contributed by atoms with Gasteiger partial charge in [-0.25, -0.2) is 9.97 Å². The van der Waals surface area contributed by atoms with E-state index >= 15 is 0 Å². The van der Waals surface area contributed by atoms with Crippen LogP contribution >= 0.6 is 22.7 Å². The van der Waals surface area contributed by atoms with Gasteiger partial charge in [-0.05, 0) is 30.5 Å². The Hall–Kier alpha value is -2.84. The van der Waals surface area contributed by atoms with Crippen LogP contribution < -0.4 is 5.73 Å². The fourth-order valence-corrected chi connectivity index (χ4v) is 4.46. The van der Waals surface area contributed by atoms with Gasteiger partial charge in [-0.1, -0.05) is 29.5 Å². The van der Waals surface area contributed by atoms with E-state index in [1.165, 1.54) is 28.0 Å². The first kappa shape index (κ1) is 15.4. The van der Waals surface area contributed by atoms with E-state index in [0.29, 0.717) is 5.13 Å². The fourth-order valence-electron chi connectivity index (χ4n) is 3.09. The predicted octanol–water partition coefficient (Wildman–Crippen LogP) is 3.73. The zero-order valence-corrected chi connectivity index (χ0v) is 15.5. The molecule has 0 bridgehead atoms. The van der Waals surface area contributed by atoms with Gasteiger partial charge in [0.1, 0.15) is 11.3 Å². The van der Waals surface area contributed by atoms with Crippen molar-refractivity contribution in [1.29, 1.82) is 0 Å². The third-order valence-electron chi connectivity index (χ3n) is 4.31. The van der Waals surface area contributed by atoms with E-state index in [2.05, 4.69) is 44.8 Å². The molecule has 26 heavy (non-hydrogen) atoms. The van der Waals surface area contributed by atoms with Crippen LogP contribution in [0.5, 0.6) is 0 Å². The molecule has 6 nitrogen and oxygen atoms in total. The van der Waals surface area contributed by atoms with Gasteiger partial charge < -0.3 is 5.73 Å². The third kappa shape index (κ3) is 2.54. The van der Waals surface area contributed by atoms with E-state index in [4.69, 9.17) is 10.7 Å². The van der Waals surface area contributed by atoms with E-state index in [-0.39, 0.29) is 0 Å². The van der Waals surface area contributed by atoms with Crippen LogP contribution in [0, 0.1) is 6.92 Å². The number of imidazole rings is 1. The molecule has 0 atom stereocenters. The Labute approximate surface area is 157 Å². The molecule has 8 heteroatoms. The number of hydrogen-bond donors (Lipinski definition) is 1. The van der Waals surface area contributed by atoms with Crippen LogP contribution in [0.3, 0.4) is 0 Å².